The number of ether oxygens (including phenoxy) is 2. The SMILES string of the molecule is CCOCCOCC(=O)N1CCNC[C@@H]1C.Cl. The van der Waals surface area contributed by atoms with E-state index in [1.165, 1.54) is 0 Å². The lowest BCUT2D eigenvalue weighted by atomic mass is 10.2. The number of hydrogen-bond donors (Lipinski definition) is 1. The van der Waals surface area contributed by atoms with Gasteiger partial charge in [0, 0.05) is 32.3 Å². The maximum absolute atomic E-state index is 11.8. The molecule has 1 amide bonds. The molecule has 1 aliphatic rings. The van der Waals surface area contributed by atoms with Crippen LogP contribution >= 0.6 is 12.4 Å². The molecule has 1 saturated heterocycles. The van der Waals surface area contributed by atoms with E-state index in [9.17, 15) is 4.79 Å². The monoisotopic (exact) mass is 266 g/mol. The highest BCUT2D eigenvalue weighted by molar-refractivity contribution is 5.85. The molecule has 1 atom stereocenters. The molecule has 0 aromatic heterocycles. The fourth-order valence-electron chi connectivity index (χ4n) is 1.72. The molecular formula is C11H23ClN2O3. The topological polar surface area (TPSA) is 50.8 Å². The maximum atomic E-state index is 11.8. The number of halogens is 1. The molecule has 0 unspecified atom stereocenters. The fraction of sp³-hybridized carbons (Fsp3) is 0.909. The van der Waals surface area contributed by atoms with E-state index in [4.69, 9.17) is 9.47 Å². The Morgan fingerprint density at radius 3 is 2.76 bits per heavy atom. The summed E-state index contributed by atoms with van der Waals surface area (Å²) in [7, 11) is 0. The summed E-state index contributed by atoms with van der Waals surface area (Å²) in [6.07, 6.45) is 0. The van der Waals surface area contributed by atoms with E-state index in [1.54, 1.807) is 0 Å². The van der Waals surface area contributed by atoms with Crippen molar-refractivity contribution in [1.29, 1.82) is 0 Å². The van der Waals surface area contributed by atoms with Gasteiger partial charge in [0.25, 0.3) is 0 Å². The van der Waals surface area contributed by atoms with Crippen molar-refractivity contribution in [2.75, 3.05) is 46.1 Å². The van der Waals surface area contributed by atoms with E-state index in [-0.39, 0.29) is 31.0 Å². The molecule has 1 fully saturated rings. The van der Waals surface area contributed by atoms with Gasteiger partial charge in [0.05, 0.1) is 13.2 Å². The summed E-state index contributed by atoms with van der Waals surface area (Å²) in [6.45, 7) is 8.39. The summed E-state index contributed by atoms with van der Waals surface area (Å²) in [6, 6.07) is 0.261. The number of piperazine rings is 1. The van der Waals surface area contributed by atoms with Crippen LogP contribution in [0.3, 0.4) is 0 Å². The van der Waals surface area contributed by atoms with Crippen molar-refractivity contribution in [3.8, 4) is 0 Å². The minimum atomic E-state index is 0. The van der Waals surface area contributed by atoms with Crippen LogP contribution in [0.5, 0.6) is 0 Å². The van der Waals surface area contributed by atoms with Gasteiger partial charge in [-0.1, -0.05) is 0 Å². The van der Waals surface area contributed by atoms with Crippen LogP contribution in [-0.2, 0) is 14.3 Å². The van der Waals surface area contributed by atoms with E-state index in [0.717, 1.165) is 19.6 Å². The van der Waals surface area contributed by atoms with Gasteiger partial charge in [-0.3, -0.25) is 4.79 Å². The molecular weight excluding hydrogens is 244 g/mol. The Morgan fingerprint density at radius 2 is 2.12 bits per heavy atom. The molecule has 17 heavy (non-hydrogen) atoms. The van der Waals surface area contributed by atoms with Crippen molar-refractivity contribution >= 4 is 18.3 Å². The smallest absolute Gasteiger partial charge is 0.248 e. The molecule has 1 aliphatic heterocycles. The van der Waals surface area contributed by atoms with Gasteiger partial charge in [0.1, 0.15) is 6.61 Å². The van der Waals surface area contributed by atoms with Crippen LogP contribution in [0, 0.1) is 0 Å². The molecule has 0 spiro atoms. The van der Waals surface area contributed by atoms with Gasteiger partial charge in [-0.25, -0.2) is 0 Å². The van der Waals surface area contributed by atoms with Gasteiger partial charge < -0.3 is 19.7 Å². The number of nitrogens with one attached hydrogen (secondary N) is 1. The second-order valence-electron chi connectivity index (χ2n) is 3.89. The number of amides is 1. The van der Waals surface area contributed by atoms with Crippen molar-refractivity contribution in [2.24, 2.45) is 0 Å². The Balaban J connectivity index is 0.00000256. The summed E-state index contributed by atoms with van der Waals surface area (Å²) in [5, 5.41) is 3.25. The highest BCUT2D eigenvalue weighted by atomic mass is 35.5. The number of rotatable bonds is 6. The van der Waals surface area contributed by atoms with Crippen LogP contribution in [0.25, 0.3) is 0 Å². The Labute approximate surface area is 109 Å². The molecule has 1 heterocycles. The lowest BCUT2D eigenvalue weighted by Crippen LogP contribution is -2.53. The standard InChI is InChI=1S/C11H22N2O3.ClH/c1-3-15-6-7-16-9-11(14)13-5-4-12-8-10(13)2;/h10,12H,3-9H2,1-2H3;1H/t10-;/m0./s1. The Bertz CT molecular complexity index is 217. The third-order valence-corrected chi connectivity index (χ3v) is 2.62. The average molecular weight is 267 g/mol. The Hall–Kier alpha value is -0.360. The highest BCUT2D eigenvalue weighted by Gasteiger charge is 2.22. The molecule has 0 saturated carbocycles. The number of hydrogen-bond acceptors (Lipinski definition) is 4. The van der Waals surface area contributed by atoms with E-state index >= 15 is 0 Å². The second kappa shape index (κ2) is 9.65. The van der Waals surface area contributed by atoms with Crippen molar-refractivity contribution in [1.82, 2.24) is 10.2 Å². The molecule has 6 heteroatoms. The van der Waals surface area contributed by atoms with Crippen LogP contribution in [0.4, 0.5) is 0 Å². The zero-order valence-corrected chi connectivity index (χ0v) is 11.4. The molecule has 0 bridgehead atoms. The quantitative estimate of drug-likeness (QED) is 0.702. The number of nitrogens with zero attached hydrogens (tertiary/aromatic N) is 1. The van der Waals surface area contributed by atoms with E-state index in [1.807, 2.05) is 18.7 Å². The molecule has 0 aromatic carbocycles. The van der Waals surface area contributed by atoms with Gasteiger partial charge in [-0.15, -0.1) is 12.4 Å². The van der Waals surface area contributed by atoms with Crippen LogP contribution in [0.1, 0.15) is 13.8 Å². The van der Waals surface area contributed by atoms with Crippen LogP contribution in [0.2, 0.25) is 0 Å². The van der Waals surface area contributed by atoms with Gasteiger partial charge >= 0.3 is 0 Å². The Morgan fingerprint density at radius 1 is 1.41 bits per heavy atom. The third-order valence-electron chi connectivity index (χ3n) is 2.62. The predicted molar refractivity (Wildman–Crippen MR) is 68.6 cm³/mol. The van der Waals surface area contributed by atoms with E-state index in [2.05, 4.69) is 5.32 Å². The summed E-state index contributed by atoms with van der Waals surface area (Å²) < 4.78 is 10.4. The summed E-state index contributed by atoms with van der Waals surface area (Å²) >= 11 is 0. The summed E-state index contributed by atoms with van der Waals surface area (Å²) in [5.74, 6) is 0.0745. The predicted octanol–water partition coefficient (Wildman–Crippen LogP) is 0.282. The first-order chi connectivity index (χ1) is 7.75. The van der Waals surface area contributed by atoms with Gasteiger partial charge in [0.2, 0.25) is 5.91 Å². The van der Waals surface area contributed by atoms with E-state index < -0.39 is 0 Å². The van der Waals surface area contributed by atoms with Crippen LogP contribution in [-0.4, -0.2) is 62.9 Å². The zero-order valence-electron chi connectivity index (χ0n) is 10.6. The maximum Gasteiger partial charge on any atom is 0.248 e. The minimum Gasteiger partial charge on any atom is -0.379 e. The van der Waals surface area contributed by atoms with Gasteiger partial charge in [-0.2, -0.15) is 0 Å². The molecule has 0 aromatic rings. The first kappa shape index (κ1) is 16.6. The molecule has 102 valence electrons. The Kier molecular flexibility index (Phi) is 9.44. The first-order valence-electron chi connectivity index (χ1n) is 5.91. The highest BCUT2D eigenvalue weighted by Crippen LogP contribution is 2.02. The molecule has 0 radical (unpaired) electrons. The average Bonchev–Trinajstić information content (AvgIpc) is 2.29. The van der Waals surface area contributed by atoms with Crippen molar-refractivity contribution < 1.29 is 14.3 Å². The number of carbonyl (C=O) groups excluding carboxylic acids is 1. The summed E-state index contributed by atoms with van der Waals surface area (Å²) in [5.41, 5.74) is 0. The lowest BCUT2D eigenvalue weighted by Gasteiger charge is -2.33. The van der Waals surface area contributed by atoms with Crippen LogP contribution in [0.15, 0.2) is 0 Å². The van der Waals surface area contributed by atoms with Gasteiger partial charge in [-0.05, 0) is 13.8 Å². The van der Waals surface area contributed by atoms with Crippen LogP contribution < -0.4 is 5.32 Å². The zero-order chi connectivity index (χ0) is 11.8. The molecule has 0 aliphatic carbocycles. The third kappa shape index (κ3) is 6.21. The first-order valence-corrected chi connectivity index (χ1v) is 5.91. The minimum absolute atomic E-state index is 0. The number of carbonyl (C=O) groups is 1. The van der Waals surface area contributed by atoms with Crippen molar-refractivity contribution in [3.05, 3.63) is 0 Å². The van der Waals surface area contributed by atoms with E-state index in [0.29, 0.717) is 19.8 Å². The molecule has 5 nitrogen and oxygen atoms in total. The molecule has 1 rings (SSSR count). The summed E-state index contributed by atoms with van der Waals surface area (Å²) in [4.78, 5) is 13.6. The largest absolute Gasteiger partial charge is 0.379 e. The van der Waals surface area contributed by atoms with Crippen molar-refractivity contribution in [3.63, 3.8) is 0 Å². The fourth-order valence-corrected chi connectivity index (χ4v) is 1.72. The van der Waals surface area contributed by atoms with Gasteiger partial charge in [0.15, 0.2) is 0 Å². The molecule has 1 N–H and O–H groups in total. The normalized spacial score (nSPS) is 19.9. The lowest BCUT2D eigenvalue weighted by molar-refractivity contribution is -0.139. The second-order valence-corrected chi connectivity index (χ2v) is 3.89. The van der Waals surface area contributed by atoms with Crippen molar-refractivity contribution in [2.45, 2.75) is 19.9 Å².